The third-order valence-electron chi connectivity index (χ3n) is 5.20. The minimum Gasteiger partial charge on any atom is -0.493 e. The molecule has 0 saturated carbocycles. The maximum absolute atomic E-state index is 9.15. The molecule has 0 aliphatic heterocycles. The summed E-state index contributed by atoms with van der Waals surface area (Å²) in [6.45, 7) is 2.46. The van der Waals surface area contributed by atoms with Gasteiger partial charge in [0.25, 0.3) is 0 Å². The van der Waals surface area contributed by atoms with Gasteiger partial charge in [-0.25, -0.2) is 4.98 Å². The van der Waals surface area contributed by atoms with Gasteiger partial charge in [0.2, 0.25) is 0 Å². The van der Waals surface area contributed by atoms with Gasteiger partial charge in [0, 0.05) is 47.4 Å². The molecule has 32 heavy (non-hydrogen) atoms. The Morgan fingerprint density at radius 2 is 1.97 bits per heavy atom. The highest BCUT2D eigenvalue weighted by molar-refractivity contribution is 7.09. The molecule has 7 heteroatoms. The molecule has 0 spiro atoms. The Balaban J connectivity index is 1.87. The fraction of sp³-hybridized carbons (Fsp3) is 0.200. The van der Waals surface area contributed by atoms with Gasteiger partial charge in [-0.15, -0.1) is 11.3 Å². The number of benzene rings is 2. The highest BCUT2D eigenvalue weighted by Crippen LogP contribution is 2.35. The number of methoxy groups -OCH3 is 1. The molecule has 2 heterocycles. The predicted molar refractivity (Wildman–Crippen MR) is 127 cm³/mol. The Hall–Kier alpha value is -3.76. The van der Waals surface area contributed by atoms with Crippen LogP contribution in [0.5, 0.6) is 11.5 Å². The van der Waals surface area contributed by atoms with E-state index in [-0.39, 0.29) is 0 Å². The van der Waals surface area contributed by atoms with Crippen molar-refractivity contribution in [1.29, 1.82) is 5.26 Å². The second-order valence-electron chi connectivity index (χ2n) is 7.01. The molecule has 0 unspecified atom stereocenters. The van der Waals surface area contributed by atoms with E-state index in [1.165, 1.54) is 0 Å². The lowest BCUT2D eigenvalue weighted by molar-refractivity contribution is 0.284. The topological polar surface area (TPSA) is 80.4 Å². The molecule has 2 aromatic carbocycles. The molecule has 0 amide bonds. The Morgan fingerprint density at radius 3 is 2.59 bits per heavy atom. The lowest BCUT2D eigenvalue weighted by Gasteiger charge is -2.17. The van der Waals surface area contributed by atoms with Gasteiger partial charge >= 0.3 is 0 Å². The van der Waals surface area contributed by atoms with Crippen LogP contribution in [0.15, 0.2) is 59.2 Å². The number of nitriles is 1. The summed E-state index contributed by atoms with van der Waals surface area (Å²) in [6.07, 6.45) is 4.45. The van der Waals surface area contributed by atoms with E-state index in [0.717, 1.165) is 44.7 Å². The van der Waals surface area contributed by atoms with E-state index in [1.807, 2.05) is 35.8 Å². The Bertz CT molecular complexity index is 1310. The van der Waals surface area contributed by atoms with Crippen molar-refractivity contribution < 1.29 is 9.47 Å². The molecular weight excluding hydrogens is 420 g/mol. The van der Waals surface area contributed by atoms with Crippen molar-refractivity contribution in [3.8, 4) is 17.6 Å². The van der Waals surface area contributed by atoms with Crippen LogP contribution in [-0.4, -0.2) is 29.8 Å². The molecule has 0 bridgehead atoms. The highest BCUT2D eigenvalue weighted by atomic mass is 32.1. The van der Waals surface area contributed by atoms with Crippen molar-refractivity contribution in [1.82, 2.24) is 9.97 Å². The number of aliphatic imine (C=N–C) groups is 1. The molecule has 0 aliphatic carbocycles. The van der Waals surface area contributed by atoms with Crippen molar-refractivity contribution in [3.63, 3.8) is 0 Å². The molecule has 4 aromatic rings. The molecule has 0 N–H and O–H groups in total. The zero-order valence-corrected chi connectivity index (χ0v) is 18.9. The maximum Gasteiger partial charge on any atom is 0.162 e. The zero-order valence-electron chi connectivity index (χ0n) is 18.1. The first-order valence-corrected chi connectivity index (χ1v) is 11.0. The van der Waals surface area contributed by atoms with Crippen LogP contribution in [0.25, 0.3) is 10.9 Å². The molecule has 160 valence electrons. The average Bonchev–Trinajstić information content (AvgIpc) is 3.36. The van der Waals surface area contributed by atoms with Crippen LogP contribution in [0.1, 0.15) is 34.2 Å². The van der Waals surface area contributed by atoms with Gasteiger partial charge in [0.05, 0.1) is 30.0 Å². The van der Waals surface area contributed by atoms with Crippen molar-refractivity contribution in [2.24, 2.45) is 4.99 Å². The Kier molecular flexibility index (Phi) is 6.43. The SMILES string of the molecule is CCc1cnc2cc(OC)c(OCc3nccs3)cc2c1C(=NC)c1ccc(C#N)cc1. The van der Waals surface area contributed by atoms with E-state index in [0.29, 0.717) is 23.7 Å². The summed E-state index contributed by atoms with van der Waals surface area (Å²) >= 11 is 1.55. The summed E-state index contributed by atoms with van der Waals surface area (Å²) in [4.78, 5) is 13.6. The van der Waals surface area contributed by atoms with Gasteiger partial charge < -0.3 is 9.47 Å². The van der Waals surface area contributed by atoms with Gasteiger partial charge in [-0.3, -0.25) is 9.98 Å². The Morgan fingerprint density at radius 1 is 1.16 bits per heavy atom. The molecule has 0 radical (unpaired) electrons. The smallest absolute Gasteiger partial charge is 0.162 e. The number of ether oxygens (including phenoxy) is 2. The number of thiazole rings is 1. The fourth-order valence-corrected chi connectivity index (χ4v) is 4.14. The first kappa shape index (κ1) is 21.5. The van der Waals surface area contributed by atoms with Crippen LogP contribution < -0.4 is 9.47 Å². The van der Waals surface area contributed by atoms with E-state index in [4.69, 9.17) is 14.7 Å². The van der Waals surface area contributed by atoms with Gasteiger partial charge in [0.1, 0.15) is 11.6 Å². The molecule has 0 fully saturated rings. The minimum atomic E-state index is 0.361. The van der Waals surface area contributed by atoms with Gasteiger partial charge in [0.15, 0.2) is 11.5 Å². The first-order chi connectivity index (χ1) is 15.7. The number of hydrogen-bond acceptors (Lipinski definition) is 7. The largest absolute Gasteiger partial charge is 0.493 e. The number of pyridine rings is 1. The maximum atomic E-state index is 9.15. The summed E-state index contributed by atoms with van der Waals surface area (Å²) in [5, 5.41) is 12.9. The molecular formula is C25H22N4O2S. The summed E-state index contributed by atoms with van der Waals surface area (Å²) in [5.41, 5.74) is 5.28. The van der Waals surface area contributed by atoms with Crippen molar-refractivity contribution in [2.75, 3.05) is 14.2 Å². The minimum absolute atomic E-state index is 0.361. The summed E-state index contributed by atoms with van der Waals surface area (Å²) in [5.74, 6) is 1.24. The molecule has 0 aliphatic rings. The van der Waals surface area contributed by atoms with E-state index in [1.54, 1.807) is 43.8 Å². The number of fused-ring (bicyclic) bond motifs is 1. The van der Waals surface area contributed by atoms with Crippen LogP contribution in [0.2, 0.25) is 0 Å². The van der Waals surface area contributed by atoms with Crippen LogP contribution in [0.3, 0.4) is 0 Å². The molecule has 0 saturated heterocycles. The molecule has 2 aromatic heterocycles. The number of hydrogen-bond donors (Lipinski definition) is 0. The van der Waals surface area contributed by atoms with E-state index < -0.39 is 0 Å². The van der Waals surface area contributed by atoms with E-state index in [2.05, 4.69) is 28.0 Å². The number of aromatic nitrogens is 2. The van der Waals surface area contributed by atoms with Gasteiger partial charge in [-0.05, 0) is 30.2 Å². The van der Waals surface area contributed by atoms with Gasteiger partial charge in [-0.2, -0.15) is 5.26 Å². The second kappa shape index (κ2) is 9.58. The van der Waals surface area contributed by atoms with Crippen LogP contribution >= 0.6 is 11.3 Å². The summed E-state index contributed by atoms with van der Waals surface area (Å²) < 4.78 is 11.7. The fourth-order valence-electron chi connectivity index (χ4n) is 3.61. The standard InChI is InChI=1S/C25H22N4O2S/c1-4-17-14-29-20-12-21(30-3)22(31-15-23-28-9-10-32-23)11-19(20)24(17)25(27-2)18-7-5-16(13-26)6-8-18/h5-12,14H,4,15H2,1-3H3. The summed E-state index contributed by atoms with van der Waals surface area (Å²) in [7, 11) is 3.40. The molecule has 4 rings (SSSR count). The highest BCUT2D eigenvalue weighted by Gasteiger charge is 2.18. The number of rotatable bonds is 7. The number of nitrogens with zero attached hydrogens (tertiary/aromatic N) is 4. The van der Waals surface area contributed by atoms with Crippen molar-refractivity contribution >= 4 is 28.0 Å². The number of aryl methyl sites for hydroxylation is 1. The van der Waals surface area contributed by atoms with Crippen LogP contribution in [-0.2, 0) is 13.0 Å². The third-order valence-corrected chi connectivity index (χ3v) is 5.95. The van der Waals surface area contributed by atoms with E-state index in [9.17, 15) is 0 Å². The lowest BCUT2D eigenvalue weighted by atomic mass is 9.93. The van der Waals surface area contributed by atoms with Gasteiger partial charge in [-0.1, -0.05) is 19.1 Å². The first-order valence-electron chi connectivity index (χ1n) is 10.2. The van der Waals surface area contributed by atoms with Crippen LogP contribution in [0, 0.1) is 11.3 Å². The van der Waals surface area contributed by atoms with E-state index >= 15 is 0 Å². The third kappa shape index (κ3) is 4.18. The average molecular weight is 443 g/mol. The van der Waals surface area contributed by atoms with Crippen molar-refractivity contribution in [2.45, 2.75) is 20.0 Å². The quantitative estimate of drug-likeness (QED) is 0.368. The summed E-state index contributed by atoms with van der Waals surface area (Å²) in [6, 6.07) is 13.5. The predicted octanol–water partition coefficient (Wildman–Crippen LogP) is 5.18. The normalized spacial score (nSPS) is 11.4. The zero-order chi connectivity index (χ0) is 22.5. The second-order valence-corrected chi connectivity index (χ2v) is 7.99. The monoisotopic (exact) mass is 442 g/mol. The lowest BCUT2D eigenvalue weighted by Crippen LogP contribution is -2.09. The molecule has 6 nitrogen and oxygen atoms in total. The van der Waals surface area contributed by atoms with Crippen molar-refractivity contribution in [3.05, 3.63) is 81.4 Å². The van der Waals surface area contributed by atoms with Crippen LogP contribution in [0.4, 0.5) is 0 Å². The Labute approximate surface area is 190 Å². The molecule has 0 atom stereocenters.